The van der Waals surface area contributed by atoms with Crippen LogP contribution in [0.4, 0.5) is 8.78 Å². The van der Waals surface area contributed by atoms with Crippen LogP contribution in [0.25, 0.3) is 0 Å². The first-order valence-electron chi connectivity index (χ1n) is 7.54. The Morgan fingerprint density at radius 1 is 1.28 bits per heavy atom. The quantitative estimate of drug-likeness (QED) is 0.716. The summed E-state index contributed by atoms with van der Waals surface area (Å²) in [6.07, 6.45) is 6.80. The predicted octanol–water partition coefficient (Wildman–Crippen LogP) is 4.37. The third-order valence-corrected chi connectivity index (χ3v) is 4.54. The van der Waals surface area contributed by atoms with Crippen molar-refractivity contribution in [1.82, 2.24) is 5.32 Å². The van der Waals surface area contributed by atoms with Crippen LogP contribution in [0.5, 0.6) is 0 Å². The number of nitrogens with one attached hydrogen (secondary N) is 1. The van der Waals surface area contributed by atoms with E-state index in [2.05, 4.69) is 19.2 Å². The molecule has 2 fully saturated rings. The Balaban J connectivity index is 1.83. The zero-order valence-electron chi connectivity index (χ0n) is 11.8. The number of halogens is 2. The average Bonchev–Trinajstić information content (AvgIpc) is 3.02. The van der Waals surface area contributed by atoms with Crippen LogP contribution in [0, 0.1) is 11.3 Å². The Morgan fingerprint density at radius 2 is 2.00 bits per heavy atom. The van der Waals surface area contributed by atoms with Crippen molar-refractivity contribution in [2.24, 2.45) is 11.3 Å². The van der Waals surface area contributed by atoms with Crippen LogP contribution in [0.2, 0.25) is 0 Å². The first kappa shape index (κ1) is 14.2. The van der Waals surface area contributed by atoms with E-state index in [0.29, 0.717) is 6.04 Å². The molecule has 2 rings (SSSR count). The number of hydrogen-bond donors (Lipinski definition) is 1. The van der Waals surface area contributed by atoms with Crippen LogP contribution in [0.15, 0.2) is 0 Å². The van der Waals surface area contributed by atoms with Crippen LogP contribution in [0.3, 0.4) is 0 Å². The van der Waals surface area contributed by atoms with E-state index in [1.54, 1.807) is 0 Å². The Labute approximate surface area is 110 Å². The predicted molar refractivity (Wildman–Crippen MR) is 70.9 cm³/mol. The van der Waals surface area contributed by atoms with E-state index in [4.69, 9.17) is 0 Å². The van der Waals surface area contributed by atoms with Gasteiger partial charge in [0.25, 0.3) is 0 Å². The molecular formula is C15H27F2N. The van der Waals surface area contributed by atoms with Crippen molar-refractivity contribution in [2.75, 3.05) is 6.54 Å². The highest BCUT2D eigenvalue weighted by Gasteiger charge is 2.42. The summed E-state index contributed by atoms with van der Waals surface area (Å²) in [6.45, 7) is 5.48. The Bertz CT molecular complexity index is 276. The maximum atomic E-state index is 13.3. The van der Waals surface area contributed by atoms with E-state index in [-0.39, 0.29) is 24.2 Å². The minimum atomic E-state index is -2.39. The highest BCUT2D eigenvalue weighted by Crippen LogP contribution is 2.45. The van der Waals surface area contributed by atoms with Gasteiger partial charge in [-0.2, -0.15) is 0 Å². The minimum absolute atomic E-state index is 0.107. The zero-order valence-corrected chi connectivity index (χ0v) is 11.8. The summed E-state index contributed by atoms with van der Waals surface area (Å²) >= 11 is 0. The van der Waals surface area contributed by atoms with Gasteiger partial charge in [-0.1, -0.05) is 20.3 Å². The molecule has 0 bridgehead atoms. The second-order valence-electron chi connectivity index (χ2n) is 6.88. The van der Waals surface area contributed by atoms with E-state index in [1.807, 2.05) is 0 Å². The van der Waals surface area contributed by atoms with Gasteiger partial charge in [0.2, 0.25) is 5.92 Å². The van der Waals surface area contributed by atoms with Crippen molar-refractivity contribution >= 4 is 0 Å². The number of rotatable bonds is 7. The molecule has 0 aromatic carbocycles. The van der Waals surface area contributed by atoms with E-state index in [9.17, 15) is 8.78 Å². The number of alkyl halides is 2. The first-order chi connectivity index (χ1) is 8.42. The van der Waals surface area contributed by atoms with Crippen LogP contribution in [-0.2, 0) is 0 Å². The van der Waals surface area contributed by atoms with Crippen LogP contribution in [0.1, 0.15) is 65.2 Å². The van der Waals surface area contributed by atoms with Crippen molar-refractivity contribution in [1.29, 1.82) is 0 Å². The molecule has 0 heterocycles. The molecule has 2 aliphatic carbocycles. The van der Waals surface area contributed by atoms with Crippen molar-refractivity contribution < 1.29 is 8.78 Å². The van der Waals surface area contributed by atoms with Gasteiger partial charge in [0.05, 0.1) is 0 Å². The molecule has 1 N–H and O–H groups in total. The van der Waals surface area contributed by atoms with Gasteiger partial charge < -0.3 is 5.32 Å². The summed E-state index contributed by atoms with van der Waals surface area (Å²) in [5, 5.41) is 3.59. The van der Waals surface area contributed by atoms with Crippen molar-refractivity contribution in [2.45, 2.75) is 77.2 Å². The molecule has 2 saturated carbocycles. The van der Waals surface area contributed by atoms with E-state index < -0.39 is 5.92 Å². The maximum Gasteiger partial charge on any atom is 0.248 e. The van der Waals surface area contributed by atoms with Crippen molar-refractivity contribution in [3.63, 3.8) is 0 Å². The molecule has 0 radical (unpaired) electrons. The molecular weight excluding hydrogens is 232 g/mol. The van der Waals surface area contributed by atoms with Gasteiger partial charge >= 0.3 is 0 Å². The van der Waals surface area contributed by atoms with Crippen LogP contribution < -0.4 is 5.32 Å². The fraction of sp³-hybridized carbons (Fsp3) is 1.00. The third-order valence-electron chi connectivity index (χ3n) is 4.54. The summed E-state index contributed by atoms with van der Waals surface area (Å²) in [6, 6.07) is 0.714. The van der Waals surface area contributed by atoms with Crippen LogP contribution >= 0.6 is 0 Å². The summed E-state index contributed by atoms with van der Waals surface area (Å²) in [5.41, 5.74) is 0.211. The summed E-state index contributed by atoms with van der Waals surface area (Å²) in [4.78, 5) is 0. The Morgan fingerprint density at radius 3 is 2.50 bits per heavy atom. The Hall–Kier alpha value is -0.180. The van der Waals surface area contributed by atoms with Gasteiger partial charge in [0.15, 0.2) is 0 Å². The van der Waals surface area contributed by atoms with Gasteiger partial charge in [-0.15, -0.1) is 0 Å². The van der Waals surface area contributed by atoms with Crippen molar-refractivity contribution in [3.8, 4) is 0 Å². The lowest BCUT2D eigenvalue weighted by atomic mass is 9.77. The van der Waals surface area contributed by atoms with E-state index in [0.717, 1.165) is 32.2 Å². The van der Waals surface area contributed by atoms with Gasteiger partial charge in [0, 0.05) is 25.4 Å². The normalized spacial score (nSPS) is 30.3. The second kappa shape index (κ2) is 5.44. The molecule has 0 amide bonds. The topological polar surface area (TPSA) is 12.0 Å². The molecule has 0 aromatic heterocycles. The fourth-order valence-corrected chi connectivity index (χ4v) is 3.46. The highest BCUT2D eigenvalue weighted by atomic mass is 19.3. The lowest BCUT2D eigenvalue weighted by molar-refractivity contribution is 0.00272. The lowest BCUT2D eigenvalue weighted by Gasteiger charge is -2.32. The van der Waals surface area contributed by atoms with Gasteiger partial charge in [-0.3, -0.25) is 0 Å². The third kappa shape index (κ3) is 4.18. The summed E-state index contributed by atoms with van der Waals surface area (Å²) in [5.74, 6) is -2.15. The molecule has 2 atom stereocenters. The van der Waals surface area contributed by atoms with Gasteiger partial charge in [0.1, 0.15) is 0 Å². The molecule has 1 nitrogen and oxygen atoms in total. The molecule has 0 spiro atoms. The molecule has 0 saturated heterocycles. The SMILES string of the molecule is CCCC(C)(CNC1CC1)CC1CCC(F)(F)C1. The lowest BCUT2D eigenvalue weighted by Crippen LogP contribution is -2.34. The van der Waals surface area contributed by atoms with Gasteiger partial charge in [-0.25, -0.2) is 8.78 Å². The summed E-state index contributed by atoms with van der Waals surface area (Å²) in [7, 11) is 0. The summed E-state index contributed by atoms with van der Waals surface area (Å²) < 4.78 is 26.5. The molecule has 106 valence electrons. The maximum absolute atomic E-state index is 13.3. The molecule has 18 heavy (non-hydrogen) atoms. The van der Waals surface area contributed by atoms with E-state index in [1.165, 1.54) is 12.8 Å². The largest absolute Gasteiger partial charge is 0.313 e. The van der Waals surface area contributed by atoms with Crippen LogP contribution in [-0.4, -0.2) is 18.5 Å². The van der Waals surface area contributed by atoms with Crippen molar-refractivity contribution in [3.05, 3.63) is 0 Å². The Kier molecular flexibility index (Phi) is 4.30. The molecule has 2 unspecified atom stereocenters. The molecule has 3 heteroatoms. The smallest absolute Gasteiger partial charge is 0.248 e. The second-order valence-corrected chi connectivity index (χ2v) is 6.88. The average molecular weight is 259 g/mol. The fourth-order valence-electron chi connectivity index (χ4n) is 3.46. The number of hydrogen-bond acceptors (Lipinski definition) is 1. The minimum Gasteiger partial charge on any atom is -0.313 e. The molecule has 2 aliphatic rings. The molecule has 0 aromatic rings. The zero-order chi connectivity index (χ0) is 13.2. The van der Waals surface area contributed by atoms with E-state index >= 15 is 0 Å². The standard InChI is InChI=1S/C15H27F2N/c1-3-7-14(2,11-18-13-4-5-13)9-12-6-8-15(16,17)10-12/h12-13,18H,3-11H2,1-2H3. The molecule has 0 aliphatic heterocycles. The van der Waals surface area contributed by atoms with Gasteiger partial charge in [-0.05, 0) is 43.4 Å². The highest BCUT2D eigenvalue weighted by molar-refractivity contribution is 4.90. The first-order valence-corrected chi connectivity index (χ1v) is 7.54. The monoisotopic (exact) mass is 259 g/mol.